The van der Waals surface area contributed by atoms with Crippen molar-refractivity contribution in [3.8, 4) is 22.4 Å². The smallest absolute Gasteiger partial charge is 0.407 e. The summed E-state index contributed by atoms with van der Waals surface area (Å²) in [4.78, 5) is 72.8. The fraction of sp³-hybridized carbons (Fsp3) is 0.467. The standard InChI is InChI=1S/C45H52N8O6/c1-21(2)37(50-44(56)58-6)42(54)52-34-17-29(34)18-35(52)40-46-20-33(49-40)28-11-10-24-14-25(8-9-26(24)15-28)27-12-13-31-32(16-27)48-41(47-31)36-19-30-23(5)39(30)53(36)43(55)38(22(3)4)51-45(57)59-7/h8-16,20-23,29-30,34-39H,17-19H2,1-7H3,(H,46,49)(H,47,48)(H,50,56)(H,51,57)/t23-,29-,30?,34-,35+,36+,37+,38+,39?/m1/s1. The number of alkyl carbamates (subject to hydrolysis) is 2. The van der Waals surface area contributed by atoms with Gasteiger partial charge in [-0.2, -0.15) is 0 Å². The number of rotatable bonds is 10. The summed E-state index contributed by atoms with van der Waals surface area (Å²) in [6.45, 7) is 9.88. The van der Waals surface area contributed by atoms with E-state index in [2.05, 4.69) is 76.1 Å². The number of aromatic amines is 2. The van der Waals surface area contributed by atoms with Crippen LogP contribution in [-0.2, 0) is 19.1 Å². The molecule has 14 nitrogen and oxygen atoms in total. The highest BCUT2D eigenvalue weighted by Gasteiger charge is 2.61. The molecule has 4 fully saturated rings. The van der Waals surface area contributed by atoms with Gasteiger partial charge in [0, 0.05) is 17.6 Å². The van der Waals surface area contributed by atoms with E-state index >= 15 is 0 Å². The lowest BCUT2D eigenvalue weighted by molar-refractivity contribution is -0.137. The van der Waals surface area contributed by atoms with Gasteiger partial charge in [0.2, 0.25) is 11.8 Å². The van der Waals surface area contributed by atoms with Crippen LogP contribution < -0.4 is 10.6 Å². The normalized spacial score (nSPS) is 25.2. The Hall–Kier alpha value is -5.92. The zero-order valence-corrected chi connectivity index (χ0v) is 34.5. The van der Waals surface area contributed by atoms with Crippen LogP contribution in [0.4, 0.5) is 9.59 Å². The van der Waals surface area contributed by atoms with Gasteiger partial charge in [-0.15, -0.1) is 0 Å². The second-order valence-electron chi connectivity index (χ2n) is 17.6. The molecular weight excluding hydrogens is 749 g/mol. The number of nitrogens with one attached hydrogen (secondary N) is 4. The Kier molecular flexibility index (Phi) is 9.63. The van der Waals surface area contributed by atoms with Crippen LogP contribution in [0.2, 0.25) is 0 Å². The van der Waals surface area contributed by atoms with Crippen molar-refractivity contribution in [1.29, 1.82) is 0 Å². The van der Waals surface area contributed by atoms with Crippen molar-refractivity contribution in [1.82, 2.24) is 40.4 Å². The van der Waals surface area contributed by atoms with E-state index in [-0.39, 0.29) is 47.8 Å². The number of benzene rings is 3. The average Bonchev–Trinajstić information content (AvgIpc) is 3.72. The first kappa shape index (κ1) is 38.6. The molecule has 14 heteroatoms. The molecule has 4 heterocycles. The number of ether oxygens (including phenoxy) is 2. The van der Waals surface area contributed by atoms with Crippen molar-refractivity contribution < 1.29 is 28.7 Å². The Balaban J connectivity index is 0.927. The molecule has 59 heavy (non-hydrogen) atoms. The zero-order chi connectivity index (χ0) is 41.4. The quantitative estimate of drug-likeness (QED) is 0.116. The van der Waals surface area contributed by atoms with Crippen LogP contribution in [0.1, 0.15) is 77.6 Å². The summed E-state index contributed by atoms with van der Waals surface area (Å²) in [6.07, 6.45) is 3.25. The highest BCUT2D eigenvalue weighted by atomic mass is 16.5. The highest BCUT2D eigenvalue weighted by molar-refractivity contribution is 5.92. The van der Waals surface area contributed by atoms with Crippen molar-refractivity contribution in [2.45, 2.75) is 90.1 Å². The number of hydrogen-bond donors (Lipinski definition) is 4. The molecule has 5 aromatic rings. The maximum absolute atomic E-state index is 14.0. The third kappa shape index (κ3) is 6.85. The number of imidazole rings is 2. The number of aromatic nitrogens is 4. The van der Waals surface area contributed by atoms with Crippen molar-refractivity contribution in [3.63, 3.8) is 0 Å². The summed E-state index contributed by atoms with van der Waals surface area (Å²) in [7, 11) is 2.61. The van der Waals surface area contributed by atoms with Gasteiger partial charge in [0.25, 0.3) is 0 Å². The predicted molar refractivity (Wildman–Crippen MR) is 222 cm³/mol. The van der Waals surface area contributed by atoms with Crippen LogP contribution in [0.3, 0.4) is 0 Å². The number of nitrogens with zero attached hydrogens (tertiary/aromatic N) is 4. The van der Waals surface area contributed by atoms with Crippen molar-refractivity contribution in [3.05, 3.63) is 72.4 Å². The number of piperidine rings is 2. The van der Waals surface area contributed by atoms with Crippen LogP contribution in [0.15, 0.2) is 60.8 Å². The summed E-state index contributed by atoms with van der Waals surface area (Å²) in [5, 5.41) is 7.68. The number of fused-ring (bicyclic) bond motifs is 4. The number of carbonyl (C=O) groups is 4. The van der Waals surface area contributed by atoms with Crippen molar-refractivity contribution in [2.75, 3.05) is 14.2 Å². The minimum absolute atomic E-state index is 0.100. The molecule has 2 aliphatic heterocycles. The molecule has 9 atom stereocenters. The Bertz CT molecular complexity index is 2470. The Morgan fingerprint density at radius 1 is 0.729 bits per heavy atom. The van der Waals surface area contributed by atoms with Gasteiger partial charge < -0.3 is 39.9 Å². The van der Waals surface area contributed by atoms with Gasteiger partial charge in [-0.3, -0.25) is 9.59 Å². The number of H-pyrrole nitrogens is 2. The first-order valence-corrected chi connectivity index (χ1v) is 20.8. The van der Waals surface area contributed by atoms with Crippen LogP contribution in [0.5, 0.6) is 0 Å². The SMILES string of the molecule is COC(=O)N[C@H](C(=O)N1C2C(C[C@H]1c1nc3ccc(-c4ccc5cc(-c6cnc([C@@H]7C[C@H]8C[C@H]8N7C(=O)[C@@H](NC(=O)OC)C(C)C)[nH]6)ccc5c4)cc3[nH]1)[C@H]2C)C(C)C. The fourth-order valence-electron chi connectivity index (χ4n) is 9.81. The van der Waals surface area contributed by atoms with E-state index in [1.165, 1.54) is 14.2 Å². The maximum atomic E-state index is 14.0. The molecule has 2 saturated heterocycles. The maximum Gasteiger partial charge on any atom is 0.407 e. The number of likely N-dealkylation sites (tertiary alicyclic amines) is 2. The number of hydrogen-bond acceptors (Lipinski definition) is 8. The van der Waals surface area contributed by atoms with E-state index in [1.807, 2.05) is 49.8 Å². The molecule has 0 radical (unpaired) electrons. The van der Waals surface area contributed by atoms with Gasteiger partial charge in [-0.1, -0.05) is 65.0 Å². The lowest BCUT2D eigenvalue weighted by Crippen LogP contribution is -2.52. The number of methoxy groups -OCH3 is 2. The summed E-state index contributed by atoms with van der Waals surface area (Å²) in [5.74, 6) is 2.36. The van der Waals surface area contributed by atoms with Gasteiger partial charge in [-0.05, 0) is 95.0 Å². The van der Waals surface area contributed by atoms with Gasteiger partial charge in [0.05, 0.1) is 49.2 Å². The fourth-order valence-corrected chi connectivity index (χ4v) is 9.81. The highest BCUT2D eigenvalue weighted by Crippen LogP contribution is 2.58. The van der Waals surface area contributed by atoms with Gasteiger partial charge in [-0.25, -0.2) is 19.6 Å². The van der Waals surface area contributed by atoms with Crippen LogP contribution in [0, 0.1) is 29.6 Å². The Labute approximate surface area is 342 Å². The van der Waals surface area contributed by atoms with Crippen molar-refractivity contribution >= 4 is 45.8 Å². The molecule has 2 saturated carbocycles. The van der Waals surface area contributed by atoms with Crippen LogP contribution in [0.25, 0.3) is 44.2 Å². The van der Waals surface area contributed by atoms with E-state index in [0.717, 1.165) is 75.1 Å². The molecule has 4 N–H and O–H groups in total. The van der Waals surface area contributed by atoms with E-state index in [4.69, 9.17) is 19.4 Å². The Morgan fingerprint density at radius 3 is 1.98 bits per heavy atom. The minimum atomic E-state index is -0.694. The lowest BCUT2D eigenvalue weighted by atomic mass is 9.99. The number of amides is 4. The number of carbonyl (C=O) groups excluding carboxylic acids is 4. The van der Waals surface area contributed by atoms with E-state index < -0.39 is 24.3 Å². The molecule has 2 aromatic heterocycles. The molecule has 0 spiro atoms. The van der Waals surface area contributed by atoms with Gasteiger partial charge in [0.15, 0.2) is 0 Å². The molecule has 3 aromatic carbocycles. The molecule has 4 aliphatic rings. The zero-order valence-electron chi connectivity index (χ0n) is 34.5. The third-order valence-electron chi connectivity index (χ3n) is 13.3. The largest absolute Gasteiger partial charge is 0.453 e. The summed E-state index contributed by atoms with van der Waals surface area (Å²) in [5.41, 5.74) is 5.72. The third-order valence-corrected chi connectivity index (χ3v) is 13.3. The second kappa shape index (κ2) is 14.7. The molecular formula is C45H52N8O6. The van der Waals surface area contributed by atoms with Crippen LogP contribution in [-0.4, -0.2) is 92.1 Å². The predicted octanol–water partition coefficient (Wildman–Crippen LogP) is 7.10. The average molecular weight is 801 g/mol. The van der Waals surface area contributed by atoms with Crippen LogP contribution >= 0.6 is 0 Å². The van der Waals surface area contributed by atoms with E-state index in [1.54, 1.807) is 0 Å². The molecule has 4 amide bonds. The molecule has 9 rings (SSSR count). The molecule has 308 valence electrons. The first-order chi connectivity index (χ1) is 28.3. The van der Waals surface area contributed by atoms with Crippen molar-refractivity contribution in [2.24, 2.45) is 29.6 Å². The lowest BCUT2D eigenvalue weighted by Gasteiger charge is -2.32. The summed E-state index contributed by atoms with van der Waals surface area (Å²) >= 11 is 0. The second-order valence-corrected chi connectivity index (χ2v) is 17.6. The first-order valence-electron chi connectivity index (χ1n) is 20.8. The summed E-state index contributed by atoms with van der Waals surface area (Å²) in [6, 6.07) is 17.5. The van der Waals surface area contributed by atoms with Gasteiger partial charge in [0.1, 0.15) is 23.7 Å². The summed E-state index contributed by atoms with van der Waals surface area (Å²) < 4.78 is 9.64. The monoisotopic (exact) mass is 800 g/mol. The topological polar surface area (TPSA) is 175 Å². The molecule has 2 aliphatic carbocycles. The van der Waals surface area contributed by atoms with E-state index in [9.17, 15) is 19.2 Å². The minimum Gasteiger partial charge on any atom is -0.453 e. The molecule has 0 bridgehead atoms. The van der Waals surface area contributed by atoms with E-state index in [0.29, 0.717) is 17.8 Å². The Morgan fingerprint density at radius 2 is 1.32 bits per heavy atom. The van der Waals surface area contributed by atoms with Gasteiger partial charge >= 0.3 is 12.2 Å². The molecule has 2 unspecified atom stereocenters.